The summed E-state index contributed by atoms with van der Waals surface area (Å²) in [4.78, 5) is 12.2. The number of carbonyl (C=O) groups excluding carboxylic acids is 1. The summed E-state index contributed by atoms with van der Waals surface area (Å²) in [5.74, 6) is 0.0393. The second-order valence-corrected chi connectivity index (χ2v) is 5.32. The monoisotopic (exact) mass is 322 g/mol. The molecule has 70 valence electrons. The predicted octanol–water partition coefficient (Wildman–Crippen LogP) is 3.70. The van der Waals surface area contributed by atoms with Crippen LogP contribution in [0.15, 0.2) is 27.6 Å². The maximum absolute atomic E-state index is 11.7. The molecule has 0 N–H and O–H groups in total. The molecule has 0 aliphatic heterocycles. The number of Topliss-reactive ketones (excluding diaryl/α,β-unsaturated/α-hetero) is 1. The SMILES string of the molecule is CC(Br)C(=O)c1c(S)cccc1Br. The fourth-order valence-electron chi connectivity index (χ4n) is 0.956. The number of hydrogen-bond acceptors (Lipinski definition) is 2. The molecular formula is C9H8Br2OS. The normalized spacial score (nSPS) is 12.6. The van der Waals surface area contributed by atoms with Gasteiger partial charge in [0.05, 0.1) is 4.83 Å². The summed E-state index contributed by atoms with van der Waals surface area (Å²) >= 11 is 10.8. The van der Waals surface area contributed by atoms with Crippen LogP contribution in [0.2, 0.25) is 0 Å². The first-order valence-corrected chi connectivity index (χ1v) is 5.85. The minimum absolute atomic E-state index is 0.0393. The zero-order chi connectivity index (χ0) is 10.0. The molecule has 0 saturated carbocycles. The highest BCUT2D eigenvalue weighted by molar-refractivity contribution is 9.10. The first-order valence-electron chi connectivity index (χ1n) is 3.69. The summed E-state index contributed by atoms with van der Waals surface area (Å²) in [6.45, 7) is 1.80. The smallest absolute Gasteiger partial charge is 0.178 e. The van der Waals surface area contributed by atoms with E-state index in [1.54, 1.807) is 13.0 Å². The van der Waals surface area contributed by atoms with Crippen LogP contribution >= 0.6 is 44.5 Å². The summed E-state index contributed by atoms with van der Waals surface area (Å²) < 4.78 is 0.788. The molecule has 4 heteroatoms. The Morgan fingerprint density at radius 1 is 1.54 bits per heavy atom. The van der Waals surface area contributed by atoms with Crippen molar-refractivity contribution < 1.29 is 4.79 Å². The van der Waals surface area contributed by atoms with E-state index < -0.39 is 0 Å². The average molecular weight is 324 g/mol. The molecule has 0 amide bonds. The Kier molecular flexibility index (Phi) is 4.01. The van der Waals surface area contributed by atoms with Gasteiger partial charge in [0.25, 0.3) is 0 Å². The lowest BCUT2D eigenvalue weighted by Crippen LogP contribution is -2.11. The maximum atomic E-state index is 11.7. The number of benzene rings is 1. The van der Waals surface area contributed by atoms with Gasteiger partial charge < -0.3 is 0 Å². The van der Waals surface area contributed by atoms with Gasteiger partial charge in [0.1, 0.15) is 0 Å². The van der Waals surface area contributed by atoms with Gasteiger partial charge in [-0.15, -0.1) is 12.6 Å². The number of rotatable bonds is 2. The van der Waals surface area contributed by atoms with Gasteiger partial charge in [0.2, 0.25) is 0 Å². The van der Waals surface area contributed by atoms with Crippen LogP contribution in [-0.2, 0) is 0 Å². The van der Waals surface area contributed by atoms with Crippen molar-refractivity contribution in [3.8, 4) is 0 Å². The molecule has 0 fully saturated rings. The van der Waals surface area contributed by atoms with Crippen LogP contribution in [0.1, 0.15) is 17.3 Å². The molecule has 0 aliphatic rings. The lowest BCUT2D eigenvalue weighted by molar-refractivity contribution is 0.0992. The van der Waals surface area contributed by atoms with Crippen LogP contribution < -0.4 is 0 Å². The fourth-order valence-corrected chi connectivity index (χ4v) is 2.22. The van der Waals surface area contributed by atoms with Crippen molar-refractivity contribution in [2.45, 2.75) is 16.6 Å². The Labute approximate surface area is 99.6 Å². The Morgan fingerprint density at radius 2 is 2.15 bits per heavy atom. The van der Waals surface area contributed by atoms with Crippen molar-refractivity contribution in [1.82, 2.24) is 0 Å². The molecule has 0 aromatic heterocycles. The topological polar surface area (TPSA) is 17.1 Å². The molecule has 0 aliphatic carbocycles. The van der Waals surface area contributed by atoms with E-state index in [1.807, 2.05) is 12.1 Å². The van der Waals surface area contributed by atoms with E-state index in [4.69, 9.17) is 0 Å². The summed E-state index contributed by atoms with van der Waals surface area (Å²) in [5, 5.41) is 0. The second kappa shape index (κ2) is 4.62. The third-order valence-corrected chi connectivity index (χ3v) is 3.05. The molecule has 0 bridgehead atoms. The minimum atomic E-state index is -0.183. The van der Waals surface area contributed by atoms with Gasteiger partial charge >= 0.3 is 0 Å². The fraction of sp³-hybridized carbons (Fsp3) is 0.222. The number of alkyl halides is 1. The van der Waals surface area contributed by atoms with E-state index in [-0.39, 0.29) is 10.6 Å². The van der Waals surface area contributed by atoms with Crippen molar-refractivity contribution in [1.29, 1.82) is 0 Å². The first kappa shape index (κ1) is 11.3. The highest BCUT2D eigenvalue weighted by Gasteiger charge is 2.17. The summed E-state index contributed by atoms with van der Waals surface area (Å²) in [6.07, 6.45) is 0. The first-order chi connectivity index (χ1) is 6.04. The van der Waals surface area contributed by atoms with E-state index in [2.05, 4.69) is 44.5 Å². The van der Waals surface area contributed by atoms with Gasteiger partial charge in [-0.2, -0.15) is 0 Å². The standard InChI is InChI=1S/C9H8Br2OS/c1-5(10)9(12)8-6(11)3-2-4-7(8)13/h2-5,13H,1H3. The quantitative estimate of drug-likeness (QED) is 0.499. The Bertz CT molecular complexity index is 316. The highest BCUT2D eigenvalue weighted by Crippen LogP contribution is 2.26. The van der Waals surface area contributed by atoms with Crippen LogP contribution in [0, 0.1) is 0 Å². The number of thiol groups is 1. The van der Waals surface area contributed by atoms with Gasteiger partial charge in [0.15, 0.2) is 5.78 Å². The molecule has 13 heavy (non-hydrogen) atoms. The summed E-state index contributed by atoms with van der Waals surface area (Å²) in [5.41, 5.74) is 0.634. The molecule has 1 unspecified atom stereocenters. The summed E-state index contributed by atoms with van der Waals surface area (Å²) in [7, 11) is 0. The summed E-state index contributed by atoms with van der Waals surface area (Å²) in [6, 6.07) is 5.49. The van der Waals surface area contributed by atoms with Gasteiger partial charge in [-0.3, -0.25) is 4.79 Å². The van der Waals surface area contributed by atoms with Crippen LogP contribution in [0.25, 0.3) is 0 Å². The third kappa shape index (κ3) is 2.58. The number of carbonyl (C=O) groups is 1. The van der Waals surface area contributed by atoms with Gasteiger partial charge in [-0.05, 0) is 19.1 Å². The van der Waals surface area contributed by atoms with Gasteiger partial charge in [-0.1, -0.05) is 37.9 Å². The molecule has 0 radical (unpaired) electrons. The molecule has 0 saturated heterocycles. The Morgan fingerprint density at radius 3 is 2.62 bits per heavy atom. The molecular weight excluding hydrogens is 316 g/mol. The molecule has 0 spiro atoms. The molecule has 0 heterocycles. The van der Waals surface area contributed by atoms with Gasteiger partial charge in [0, 0.05) is 14.9 Å². The van der Waals surface area contributed by atoms with Crippen LogP contribution in [-0.4, -0.2) is 10.6 Å². The van der Waals surface area contributed by atoms with E-state index in [0.29, 0.717) is 10.5 Å². The van der Waals surface area contributed by atoms with Crippen molar-refractivity contribution in [3.63, 3.8) is 0 Å². The van der Waals surface area contributed by atoms with E-state index in [0.717, 1.165) is 4.47 Å². The van der Waals surface area contributed by atoms with Crippen LogP contribution in [0.4, 0.5) is 0 Å². The van der Waals surface area contributed by atoms with Crippen LogP contribution in [0.5, 0.6) is 0 Å². The van der Waals surface area contributed by atoms with E-state index in [1.165, 1.54) is 0 Å². The Hall–Kier alpha value is 0.200. The zero-order valence-electron chi connectivity index (χ0n) is 6.92. The molecule has 1 aromatic carbocycles. The molecule has 1 aromatic rings. The largest absolute Gasteiger partial charge is 0.293 e. The molecule has 1 nitrogen and oxygen atoms in total. The van der Waals surface area contributed by atoms with Crippen molar-refractivity contribution in [2.24, 2.45) is 0 Å². The average Bonchev–Trinajstić information content (AvgIpc) is 2.03. The van der Waals surface area contributed by atoms with Gasteiger partial charge in [-0.25, -0.2) is 0 Å². The zero-order valence-corrected chi connectivity index (χ0v) is 11.0. The molecule has 1 rings (SSSR count). The van der Waals surface area contributed by atoms with Crippen molar-refractivity contribution in [3.05, 3.63) is 28.2 Å². The lowest BCUT2D eigenvalue weighted by atomic mass is 10.1. The van der Waals surface area contributed by atoms with Crippen molar-refractivity contribution in [2.75, 3.05) is 0 Å². The predicted molar refractivity (Wildman–Crippen MR) is 64.1 cm³/mol. The Balaban J connectivity index is 3.20. The highest BCUT2D eigenvalue weighted by atomic mass is 79.9. The van der Waals surface area contributed by atoms with Crippen LogP contribution in [0.3, 0.4) is 0 Å². The lowest BCUT2D eigenvalue weighted by Gasteiger charge is -2.07. The minimum Gasteiger partial charge on any atom is -0.293 e. The van der Waals surface area contributed by atoms with Crippen molar-refractivity contribution >= 4 is 50.3 Å². The number of hydrogen-bond donors (Lipinski definition) is 1. The third-order valence-electron chi connectivity index (χ3n) is 1.60. The van der Waals surface area contributed by atoms with E-state index in [9.17, 15) is 4.79 Å². The second-order valence-electron chi connectivity index (χ2n) is 2.61. The van der Waals surface area contributed by atoms with E-state index >= 15 is 0 Å². The maximum Gasteiger partial charge on any atom is 0.178 e. The number of ketones is 1. The molecule has 1 atom stereocenters. The number of halogens is 2.